The largest absolute Gasteiger partial charge is 0.384 e. The van der Waals surface area contributed by atoms with E-state index in [-0.39, 0.29) is 22.4 Å². The molecule has 1 aromatic carbocycles. The number of hydrogen-bond acceptors (Lipinski definition) is 6. The summed E-state index contributed by atoms with van der Waals surface area (Å²) >= 11 is 1.14. The highest BCUT2D eigenvalue weighted by Gasteiger charge is 2.16. The zero-order chi connectivity index (χ0) is 15.4. The van der Waals surface area contributed by atoms with E-state index in [2.05, 4.69) is 10.3 Å². The summed E-state index contributed by atoms with van der Waals surface area (Å²) < 4.78 is 0. The summed E-state index contributed by atoms with van der Waals surface area (Å²) in [6.07, 6.45) is 0. The van der Waals surface area contributed by atoms with Crippen molar-refractivity contribution in [1.82, 2.24) is 4.98 Å². The Morgan fingerprint density at radius 1 is 1.29 bits per heavy atom. The molecule has 0 unspecified atom stereocenters. The van der Waals surface area contributed by atoms with Crippen LogP contribution in [-0.4, -0.2) is 15.8 Å². The van der Waals surface area contributed by atoms with Crippen molar-refractivity contribution in [2.24, 2.45) is 0 Å². The van der Waals surface area contributed by atoms with E-state index in [0.29, 0.717) is 5.69 Å². The summed E-state index contributed by atoms with van der Waals surface area (Å²) in [5.74, 6) is 0.0570. The molecule has 0 aliphatic heterocycles. The van der Waals surface area contributed by atoms with Gasteiger partial charge in [-0.2, -0.15) is 0 Å². The van der Waals surface area contributed by atoms with Gasteiger partial charge in [0, 0.05) is 23.6 Å². The third kappa shape index (κ3) is 3.93. The summed E-state index contributed by atoms with van der Waals surface area (Å²) in [5, 5.41) is 13.8. The maximum atomic E-state index is 11.0. The first-order chi connectivity index (χ1) is 9.95. The number of aromatic nitrogens is 1. The fourth-order valence-corrected chi connectivity index (χ4v) is 2.48. The number of benzene rings is 1. The Morgan fingerprint density at radius 2 is 1.95 bits per heavy atom. The van der Waals surface area contributed by atoms with E-state index in [0.717, 1.165) is 16.7 Å². The van der Waals surface area contributed by atoms with Gasteiger partial charge in [-0.25, -0.2) is 4.98 Å². The van der Waals surface area contributed by atoms with E-state index in [1.165, 1.54) is 19.1 Å². The third-order valence-electron chi connectivity index (χ3n) is 2.45. The molecule has 0 atom stereocenters. The lowest BCUT2D eigenvalue weighted by Crippen LogP contribution is -2.05. The van der Waals surface area contributed by atoms with E-state index >= 15 is 0 Å². The van der Waals surface area contributed by atoms with Gasteiger partial charge in [0.1, 0.15) is 5.82 Å². The fraction of sp³-hybridized carbons (Fsp3) is 0.0769. The molecule has 108 valence electrons. The summed E-state index contributed by atoms with van der Waals surface area (Å²) in [4.78, 5) is 26.1. The minimum atomic E-state index is -0.500. The lowest BCUT2D eigenvalue weighted by molar-refractivity contribution is -0.388. The van der Waals surface area contributed by atoms with Crippen LogP contribution in [0.1, 0.15) is 6.92 Å². The predicted molar refractivity (Wildman–Crippen MR) is 80.2 cm³/mol. The molecule has 0 aliphatic carbocycles. The lowest BCUT2D eigenvalue weighted by atomic mass is 10.3. The van der Waals surface area contributed by atoms with Gasteiger partial charge in [0.15, 0.2) is 5.03 Å². The van der Waals surface area contributed by atoms with Crippen LogP contribution >= 0.6 is 11.8 Å². The van der Waals surface area contributed by atoms with Gasteiger partial charge in [-0.15, -0.1) is 0 Å². The Morgan fingerprint density at radius 3 is 2.52 bits per heavy atom. The number of nitro groups is 1. The Labute approximate surface area is 124 Å². The smallest absolute Gasteiger partial charge is 0.301 e. The first-order valence-electron chi connectivity index (χ1n) is 5.92. The normalized spacial score (nSPS) is 10.1. The number of carbonyl (C=O) groups excluding carboxylic acids is 1. The van der Waals surface area contributed by atoms with Crippen LogP contribution in [-0.2, 0) is 4.79 Å². The van der Waals surface area contributed by atoms with Crippen molar-refractivity contribution in [3.8, 4) is 0 Å². The molecule has 0 radical (unpaired) electrons. The molecular weight excluding hydrogens is 292 g/mol. The molecule has 0 bridgehead atoms. The van der Waals surface area contributed by atoms with Crippen LogP contribution in [0.15, 0.2) is 46.3 Å². The number of nitrogen functional groups attached to an aromatic ring is 1. The molecular formula is C13H12N4O3S. The van der Waals surface area contributed by atoms with Crippen molar-refractivity contribution in [1.29, 1.82) is 0 Å². The van der Waals surface area contributed by atoms with Crippen LogP contribution in [0.25, 0.3) is 0 Å². The highest BCUT2D eigenvalue weighted by atomic mass is 32.2. The minimum absolute atomic E-state index is 0.0971. The van der Waals surface area contributed by atoms with E-state index in [1.54, 1.807) is 24.3 Å². The molecule has 1 heterocycles. The van der Waals surface area contributed by atoms with Crippen LogP contribution in [0, 0.1) is 10.1 Å². The Hall–Kier alpha value is -2.61. The Balaban J connectivity index is 2.23. The van der Waals surface area contributed by atoms with Gasteiger partial charge in [0.25, 0.3) is 0 Å². The van der Waals surface area contributed by atoms with Crippen LogP contribution in [0.2, 0.25) is 0 Å². The SMILES string of the molecule is CC(=O)Nc1ccc(Sc2nc(N)ccc2[N+](=O)[O-])cc1. The molecule has 21 heavy (non-hydrogen) atoms. The van der Waals surface area contributed by atoms with Crippen LogP contribution in [0.5, 0.6) is 0 Å². The minimum Gasteiger partial charge on any atom is -0.384 e. The summed E-state index contributed by atoms with van der Waals surface area (Å²) in [6, 6.07) is 9.62. The number of hydrogen-bond donors (Lipinski definition) is 2. The maximum absolute atomic E-state index is 11.0. The quantitative estimate of drug-likeness (QED) is 0.663. The number of nitrogens with one attached hydrogen (secondary N) is 1. The summed E-state index contributed by atoms with van der Waals surface area (Å²) in [5.41, 5.74) is 6.12. The summed E-state index contributed by atoms with van der Waals surface area (Å²) in [6.45, 7) is 1.42. The van der Waals surface area contributed by atoms with E-state index < -0.39 is 4.92 Å². The number of anilines is 2. The predicted octanol–water partition coefficient (Wildman–Crippen LogP) is 2.68. The average molecular weight is 304 g/mol. The Bertz CT molecular complexity index is 688. The molecule has 2 aromatic rings. The summed E-state index contributed by atoms with van der Waals surface area (Å²) in [7, 11) is 0. The van der Waals surface area contributed by atoms with E-state index in [9.17, 15) is 14.9 Å². The number of carbonyl (C=O) groups is 1. The number of rotatable bonds is 4. The molecule has 0 aliphatic rings. The van der Waals surface area contributed by atoms with E-state index in [4.69, 9.17) is 5.73 Å². The van der Waals surface area contributed by atoms with Gasteiger partial charge in [-0.05, 0) is 30.3 Å². The monoisotopic (exact) mass is 304 g/mol. The molecule has 0 fully saturated rings. The molecule has 1 aromatic heterocycles. The second kappa shape index (κ2) is 6.23. The second-order valence-electron chi connectivity index (χ2n) is 4.13. The van der Waals surface area contributed by atoms with Crippen LogP contribution in [0.3, 0.4) is 0 Å². The first-order valence-corrected chi connectivity index (χ1v) is 6.74. The number of nitrogens with zero attached hydrogens (tertiary/aromatic N) is 2. The number of pyridine rings is 1. The molecule has 0 saturated carbocycles. The van der Waals surface area contributed by atoms with Gasteiger partial charge >= 0.3 is 5.69 Å². The molecule has 2 rings (SSSR count). The maximum Gasteiger partial charge on any atom is 0.301 e. The van der Waals surface area contributed by atoms with Gasteiger partial charge in [0.2, 0.25) is 5.91 Å². The van der Waals surface area contributed by atoms with E-state index in [1.807, 2.05) is 0 Å². The van der Waals surface area contributed by atoms with Crippen molar-refractivity contribution >= 4 is 34.9 Å². The standard InChI is InChI=1S/C13H12N4O3S/c1-8(18)15-9-2-4-10(5-3-9)21-13-11(17(19)20)6-7-12(14)16-13/h2-7H,1H3,(H2,14,16)(H,15,18). The highest BCUT2D eigenvalue weighted by Crippen LogP contribution is 2.34. The molecule has 0 saturated heterocycles. The van der Waals surface area contributed by atoms with Crippen LogP contribution in [0.4, 0.5) is 17.2 Å². The van der Waals surface area contributed by atoms with Crippen molar-refractivity contribution in [3.05, 3.63) is 46.5 Å². The second-order valence-corrected chi connectivity index (χ2v) is 5.19. The zero-order valence-electron chi connectivity index (χ0n) is 11.1. The van der Waals surface area contributed by atoms with Crippen molar-refractivity contribution in [2.75, 3.05) is 11.1 Å². The highest BCUT2D eigenvalue weighted by molar-refractivity contribution is 7.99. The lowest BCUT2D eigenvalue weighted by Gasteiger charge is -2.05. The van der Waals surface area contributed by atoms with Gasteiger partial charge in [0.05, 0.1) is 4.92 Å². The molecule has 3 N–H and O–H groups in total. The fourth-order valence-electron chi connectivity index (χ4n) is 1.58. The van der Waals surface area contributed by atoms with Gasteiger partial charge in [-0.1, -0.05) is 11.8 Å². The molecule has 1 amide bonds. The van der Waals surface area contributed by atoms with Crippen molar-refractivity contribution in [3.63, 3.8) is 0 Å². The molecule has 8 heteroatoms. The number of nitrogens with two attached hydrogens (primary N) is 1. The van der Waals surface area contributed by atoms with Gasteiger partial charge < -0.3 is 11.1 Å². The first kappa shape index (κ1) is 14.8. The van der Waals surface area contributed by atoms with Gasteiger partial charge in [-0.3, -0.25) is 14.9 Å². The van der Waals surface area contributed by atoms with Crippen molar-refractivity contribution in [2.45, 2.75) is 16.8 Å². The molecule has 7 nitrogen and oxygen atoms in total. The topological polar surface area (TPSA) is 111 Å². The third-order valence-corrected chi connectivity index (χ3v) is 3.45. The Kier molecular flexibility index (Phi) is 4.39. The number of amides is 1. The molecule has 0 spiro atoms. The zero-order valence-corrected chi connectivity index (χ0v) is 11.9. The van der Waals surface area contributed by atoms with Crippen molar-refractivity contribution < 1.29 is 9.72 Å². The van der Waals surface area contributed by atoms with Crippen LogP contribution < -0.4 is 11.1 Å². The average Bonchev–Trinajstić information content (AvgIpc) is 2.40.